The first-order valence-corrected chi connectivity index (χ1v) is 8.52. The third-order valence-corrected chi connectivity index (χ3v) is 3.70. The number of hydrogen-bond donors (Lipinski definition) is 3. The molecule has 23 heavy (non-hydrogen) atoms. The first-order valence-electron chi connectivity index (χ1n) is 7.73. The SMILES string of the molecule is CC(C)CC(CC(C)(C)N)NC(=O)C(=O)Nc1ccc(Br)cc1. The fraction of sp³-hybridized carbons (Fsp3) is 0.529. The Labute approximate surface area is 146 Å². The van der Waals surface area contributed by atoms with Crippen molar-refractivity contribution < 1.29 is 9.59 Å². The minimum absolute atomic E-state index is 0.127. The smallest absolute Gasteiger partial charge is 0.313 e. The Morgan fingerprint density at radius 1 is 1.17 bits per heavy atom. The van der Waals surface area contributed by atoms with Crippen LogP contribution in [0.3, 0.4) is 0 Å². The van der Waals surface area contributed by atoms with Crippen LogP contribution in [0.2, 0.25) is 0 Å². The fourth-order valence-corrected chi connectivity index (χ4v) is 2.63. The van der Waals surface area contributed by atoms with E-state index in [-0.39, 0.29) is 6.04 Å². The van der Waals surface area contributed by atoms with E-state index in [0.29, 0.717) is 18.0 Å². The molecular weight excluding hydrogens is 358 g/mol. The topological polar surface area (TPSA) is 84.2 Å². The van der Waals surface area contributed by atoms with Gasteiger partial charge in [0.1, 0.15) is 0 Å². The first kappa shape index (κ1) is 19.6. The average molecular weight is 384 g/mol. The normalized spacial score (nSPS) is 12.8. The lowest BCUT2D eigenvalue weighted by molar-refractivity contribution is -0.136. The molecule has 0 spiro atoms. The molecule has 0 aliphatic heterocycles. The number of carbonyl (C=O) groups is 2. The molecule has 128 valence electrons. The largest absolute Gasteiger partial charge is 0.345 e. The van der Waals surface area contributed by atoms with Gasteiger partial charge in [-0.3, -0.25) is 9.59 Å². The molecule has 0 saturated carbocycles. The molecule has 1 rings (SSSR count). The molecule has 4 N–H and O–H groups in total. The number of nitrogens with two attached hydrogens (primary N) is 1. The molecule has 1 atom stereocenters. The highest BCUT2D eigenvalue weighted by Crippen LogP contribution is 2.16. The molecule has 1 aromatic carbocycles. The molecule has 2 amide bonds. The zero-order valence-electron chi connectivity index (χ0n) is 14.2. The number of nitrogens with one attached hydrogen (secondary N) is 2. The van der Waals surface area contributed by atoms with E-state index in [2.05, 4.69) is 40.4 Å². The summed E-state index contributed by atoms with van der Waals surface area (Å²) in [6.07, 6.45) is 1.39. The van der Waals surface area contributed by atoms with Crippen molar-refractivity contribution in [2.45, 2.75) is 52.1 Å². The second kappa shape index (κ2) is 8.45. The van der Waals surface area contributed by atoms with E-state index in [4.69, 9.17) is 5.73 Å². The second-order valence-electron chi connectivity index (χ2n) is 6.95. The van der Waals surface area contributed by atoms with Crippen molar-refractivity contribution in [1.82, 2.24) is 5.32 Å². The van der Waals surface area contributed by atoms with Crippen LogP contribution >= 0.6 is 15.9 Å². The van der Waals surface area contributed by atoms with Gasteiger partial charge in [-0.05, 0) is 56.9 Å². The molecule has 0 aliphatic rings. The third kappa shape index (κ3) is 8.13. The monoisotopic (exact) mass is 383 g/mol. The Bertz CT molecular complexity index is 536. The quantitative estimate of drug-likeness (QED) is 0.659. The van der Waals surface area contributed by atoms with Crippen molar-refractivity contribution in [3.63, 3.8) is 0 Å². The van der Waals surface area contributed by atoms with Gasteiger partial charge in [0.05, 0.1) is 0 Å². The van der Waals surface area contributed by atoms with Crippen molar-refractivity contribution in [2.24, 2.45) is 11.7 Å². The Kier molecular flexibility index (Phi) is 7.22. The summed E-state index contributed by atoms with van der Waals surface area (Å²) in [7, 11) is 0. The number of halogens is 1. The fourth-order valence-electron chi connectivity index (χ4n) is 2.37. The third-order valence-electron chi connectivity index (χ3n) is 3.17. The molecule has 0 aromatic heterocycles. The summed E-state index contributed by atoms with van der Waals surface area (Å²) >= 11 is 3.32. The van der Waals surface area contributed by atoms with E-state index in [0.717, 1.165) is 10.9 Å². The van der Waals surface area contributed by atoms with Gasteiger partial charge in [-0.25, -0.2) is 0 Å². The highest BCUT2D eigenvalue weighted by molar-refractivity contribution is 9.10. The van der Waals surface area contributed by atoms with E-state index < -0.39 is 17.4 Å². The van der Waals surface area contributed by atoms with Gasteiger partial charge in [0.2, 0.25) is 0 Å². The average Bonchev–Trinajstić information content (AvgIpc) is 2.38. The Morgan fingerprint density at radius 3 is 2.22 bits per heavy atom. The molecule has 0 bridgehead atoms. The van der Waals surface area contributed by atoms with Gasteiger partial charge < -0.3 is 16.4 Å². The van der Waals surface area contributed by atoms with Crippen LogP contribution in [0.25, 0.3) is 0 Å². The van der Waals surface area contributed by atoms with Gasteiger partial charge in [-0.15, -0.1) is 0 Å². The molecule has 0 aliphatic carbocycles. The number of carbonyl (C=O) groups excluding carboxylic acids is 2. The number of amides is 2. The van der Waals surface area contributed by atoms with Crippen LogP contribution in [0.1, 0.15) is 40.5 Å². The molecule has 1 aromatic rings. The molecule has 0 radical (unpaired) electrons. The van der Waals surface area contributed by atoms with Crippen LogP contribution in [0.5, 0.6) is 0 Å². The standard InChI is InChI=1S/C17H26BrN3O2/c1-11(2)9-14(10-17(3,4)19)21-16(23)15(22)20-13-7-5-12(18)6-8-13/h5-8,11,14H,9-10,19H2,1-4H3,(H,20,22)(H,21,23). The van der Waals surface area contributed by atoms with Gasteiger partial charge in [0.25, 0.3) is 0 Å². The van der Waals surface area contributed by atoms with Crippen molar-refractivity contribution in [3.8, 4) is 0 Å². The maximum atomic E-state index is 12.1. The minimum atomic E-state index is -0.670. The summed E-state index contributed by atoms with van der Waals surface area (Å²) in [5.41, 5.74) is 6.21. The summed E-state index contributed by atoms with van der Waals surface area (Å²) < 4.78 is 0.905. The van der Waals surface area contributed by atoms with Gasteiger partial charge in [0.15, 0.2) is 0 Å². The lowest BCUT2D eigenvalue weighted by Crippen LogP contribution is -2.47. The van der Waals surface area contributed by atoms with Crippen LogP contribution < -0.4 is 16.4 Å². The zero-order chi connectivity index (χ0) is 17.6. The summed E-state index contributed by atoms with van der Waals surface area (Å²) in [5.74, 6) is -0.907. The van der Waals surface area contributed by atoms with Crippen molar-refractivity contribution in [2.75, 3.05) is 5.32 Å². The first-order chi connectivity index (χ1) is 10.6. The number of anilines is 1. The predicted molar refractivity (Wildman–Crippen MR) is 97.0 cm³/mol. The number of rotatable bonds is 6. The van der Waals surface area contributed by atoms with Gasteiger partial charge in [-0.2, -0.15) is 0 Å². The second-order valence-corrected chi connectivity index (χ2v) is 7.87. The van der Waals surface area contributed by atoms with E-state index in [9.17, 15) is 9.59 Å². The lowest BCUT2D eigenvalue weighted by atomic mass is 9.91. The lowest BCUT2D eigenvalue weighted by Gasteiger charge is -2.27. The van der Waals surface area contributed by atoms with Crippen LogP contribution in [-0.4, -0.2) is 23.4 Å². The summed E-state index contributed by atoms with van der Waals surface area (Å²) in [6.45, 7) is 7.97. The van der Waals surface area contributed by atoms with E-state index in [1.165, 1.54) is 0 Å². The van der Waals surface area contributed by atoms with Crippen LogP contribution in [0.15, 0.2) is 28.7 Å². The van der Waals surface area contributed by atoms with Gasteiger partial charge in [-0.1, -0.05) is 29.8 Å². The van der Waals surface area contributed by atoms with Crippen LogP contribution in [0, 0.1) is 5.92 Å². The summed E-state index contributed by atoms with van der Waals surface area (Å²) in [6, 6.07) is 6.92. The van der Waals surface area contributed by atoms with Crippen LogP contribution in [-0.2, 0) is 9.59 Å². The van der Waals surface area contributed by atoms with E-state index >= 15 is 0 Å². The van der Waals surface area contributed by atoms with Gasteiger partial charge >= 0.3 is 11.8 Å². The summed E-state index contributed by atoms with van der Waals surface area (Å²) in [4.78, 5) is 24.1. The molecule has 1 unspecified atom stereocenters. The number of hydrogen-bond acceptors (Lipinski definition) is 3. The Balaban J connectivity index is 2.65. The van der Waals surface area contributed by atoms with Gasteiger partial charge in [0, 0.05) is 21.7 Å². The molecule has 0 saturated heterocycles. The van der Waals surface area contributed by atoms with Crippen molar-refractivity contribution in [3.05, 3.63) is 28.7 Å². The Hall–Kier alpha value is -1.40. The zero-order valence-corrected chi connectivity index (χ0v) is 15.7. The van der Waals surface area contributed by atoms with Crippen molar-refractivity contribution in [1.29, 1.82) is 0 Å². The minimum Gasteiger partial charge on any atom is -0.345 e. The molecular formula is C17H26BrN3O2. The van der Waals surface area contributed by atoms with E-state index in [1.807, 2.05) is 13.8 Å². The molecule has 0 heterocycles. The highest BCUT2D eigenvalue weighted by Gasteiger charge is 2.24. The molecule has 6 heteroatoms. The maximum Gasteiger partial charge on any atom is 0.313 e. The predicted octanol–water partition coefficient (Wildman–Crippen LogP) is 3.05. The van der Waals surface area contributed by atoms with Crippen LogP contribution in [0.4, 0.5) is 5.69 Å². The highest BCUT2D eigenvalue weighted by atomic mass is 79.9. The Morgan fingerprint density at radius 2 is 1.74 bits per heavy atom. The summed E-state index contributed by atoms with van der Waals surface area (Å²) in [5, 5.41) is 5.38. The van der Waals surface area contributed by atoms with E-state index in [1.54, 1.807) is 24.3 Å². The molecule has 5 nitrogen and oxygen atoms in total. The maximum absolute atomic E-state index is 12.1. The number of benzene rings is 1. The molecule has 0 fully saturated rings. The van der Waals surface area contributed by atoms with Crippen molar-refractivity contribution >= 4 is 33.4 Å².